The van der Waals surface area contributed by atoms with Gasteiger partial charge in [-0.1, -0.05) is 26.0 Å². The molecule has 2 aromatic carbocycles. The molecule has 1 aliphatic rings. The number of carbonyl (C=O) groups is 1. The van der Waals surface area contributed by atoms with Crippen molar-refractivity contribution in [3.63, 3.8) is 0 Å². The van der Waals surface area contributed by atoms with Crippen molar-refractivity contribution >= 4 is 27.8 Å². The second-order valence-electron chi connectivity index (χ2n) is 9.57. The Hall–Kier alpha value is -3.28. The Bertz CT molecular complexity index is 1350. The van der Waals surface area contributed by atoms with Crippen LogP contribution >= 0.6 is 0 Å². The molecule has 2 aromatic heterocycles. The molecule has 1 saturated carbocycles. The summed E-state index contributed by atoms with van der Waals surface area (Å²) in [5.74, 6) is -0.822. The number of pyridine rings is 1. The van der Waals surface area contributed by atoms with E-state index in [-0.39, 0.29) is 23.6 Å². The lowest BCUT2D eigenvalue weighted by Crippen LogP contribution is -2.22. The van der Waals surface area contributed by atoms with Crippen LogP contribution in [0.1, 0.15) is 68.2 Å². The fourth-order valence-electron chi connectivity index (χ4n) is 5.48. The van der Waals surface area contributed by atoms with Gasteiger partial charge in [-0.15, -0.1) is 0 Å². The quantitative estimate of drug-likeness (QED) is 0.366. The van der Waals surface area contributed by atoms with Crippen LogP contribution in [0.3, 0.4) is 0 Å². The topological polar surface area (TPSA) is 78.9 Å². The van der Waals surface area contributed by atoms with Gasteiger partial charge in [-0.2, -0.15) is 5.10 Å². The largest absolute Gasteiger partial charge is 0.481 e. The zero-order valence-corrected chi connectivity index (χ0v) is 19.2. The summed E-state index contributed by atoms with van der Waals surface area (Å²) in [6, 6.07) is 8.83. The molecule has 0 radical (unpaired) electrons. The Kier molecular flexibility index (Phi) is 5.39. The normalized spacial score (nSPS) is 18.9. The maximum absolute atomic E-state index is 13.8. The van der Waals surface area contributed by atoms with E-state index in [0.29, 0.717) is 12.8 Å². The number of aromatic nitrogens is 3. The van der Waals surface area contributed by atoms with E-state index >= 15 is 0 Å². The van der Waals surface area contributed by atoms with Crippen LogP contribution in [0, 0.1) is 18.7 Å². The van der Waals surface area contributed by atoms with E-state index < -0.39 is 5.97 Å². The molecule has 2 heterocycles. The van der Waals surface area contributed by atoms with Crippen molar-refractivity contribution in [2.24, 2.45) is 5.92 Å². The first-order valence-corrected chi connectivity index (χ1v) is 11.6. The van der Waals surface area contributed by atoms with Gasteiger partial charge >= 0.3 is 5.97 Å². The standard InChI is InChI=1S/C27H28FN3O2/c1-14(2)22-23(16-8-10-20(28)11-9-16)21-12-19-13-29-31-24(19)15(3)25(21)30-26(22)17-4-6-18(7-5-17)27(32)33/h8-14,17-18H,4-7H2,1-3H3,(H,29,31)(H,32,33). The van der Waals surface area contributed by atoms with Gasteiger partial charge in [0.25, 0.3) is 0 Å². The summed E-state index contributed by atoms with van der Waals surface area (Å²) in [6.07, 6.45) is 4.78. The minimum absolute atomic E-state index is 0.203. The van der Waals surface area contributed by atoms with Gasteiger partial charge in [0.05, 0.1) is 23.1 Å². The van der Waals surface area contributed by atoms with Crippen LogP contribution in [0.4, 0.5) is 4.39 Å². The Morgan fingerprint density at radius 3 is 2.48 bits per heavy atom. The van der Waals surface area contributed by atoms with E-state index in [1.54, 1.807) is 0 Å². The van der Waals surface area contributed by atoms with Gasteiger partial charge in [-0.05, 0) is 73.4 Å². The minimum Gasteiger partial charge on any atom is -0.481 e. The number of nitrogens with one attached hydrogen (secondary N) is 1. The lowest BCUT2D eigenvalue weighted by atomic mass is 9.76. The molecule has 0 saturated heterocycles. The van der Waals surface area contributed by atoms with Gasteiger partial charge in [0.1, 0.15) is 5.82 Å². The molecule has 5 rings (SSSR count). The molecule has 5 nitrogen and oxygen atoms in total. The second-order valence-corrected chi connectivity index (χ2v) is 9.57. The number of H-pyrrole nitrogens is 1. The van der Waals surface area contributed by atoms with Crippen molar-refractivity contribution < 1.29 is 14.3 Å². The van der Waals surface area contributed by atoms with E-state index in [9.17, 15) is 14.3 Å². The Morgan fingerprint density at radius 2 is 1.85 bits per heavy atom. The van der Waals surface area contributed by atoms with Crippen molar-refractivity contribution in [3.8, 4) is 11.1 Å². The third kappa shape index (κ3) is 3.67. The maximum Gasteiger partial charge on any atom is 0.306 e. The number of benzene rings is 2. The van der Waals surface area contributed by atoms with Gasteiger partial charge in [0.2, 0.25) is 0 Å². The highest BCUT2D eigenvalue weighted by Gasteiger charge is 2.31. The van der Waals surface area contributed by atoms with E-state index in [2.05, 4.69) is 37.0 Å². The van der Waals surface area contributed by atoms with Gasteiger partial charge in [0.15, 0.2) is 0 Å². The monoisotopic (exact) mass is 445 g/mol. The Balaban J connectivity index is 1.80. The summed E-state index contributed by atoms with van der Waals surface area (Å²) in [7, 11) is 0. The Labute approximate surface area is 192 Å². The molecule has 0 bridgehead atoms. The van der Waals surface area contributed by atoms with Gasteiger partial charge < -0.3 is 5.11 Å². The van der Waals surface area contributed by atoms with E-state index in [0.717, 1.165) is 57.0 Å². The summed E-state index contributed by atoms with van der Waals surface area (Å²) in [4.78, 5) is 16.8. The highest BCUT2D eigenvalue weighted by Crippen LogP contribution is 2.45. The number of fused-ring (bicyclic) bond motifs is 2. The van der Waals surface area contributed by atoms with Crippen molar-refractivity contribution in [2.75, 3.05) is 0 Å². The van der Waals surface area contributed by atoms with Gasteiger partial charge in [0, 0.05) is 27.9 Å². The molecule has 0 amide bonds. The molecule has 6 heteroatoms. The molecule has 33 heavy (non-hydrogen) atoms. The molecule has 2 N–H and O–H groups in total. The van der Waals surface area contributed by atoms with Crippen molar-refractivity contribution in [2.45, 2.75) is 58.3 Å². The fraction of sp³-hybridized carbons (Fsp3) is 0.370. The molecule has 1 fully saturated rings. The number of rotatable bonds is 4. The highest BCUT2D eigenvalue weighted by atomic mass is 19.1. The number of aryl methyl sites for hydroxylation is 1. The summed E-state index contributed by atoms with van der Waals surface area (Å²) in [6.45, 7) is 6.40. The average molecular weight is 446 g/mol. The van der Waals surface area contributed by atoms with Crippen LogP contribution < -0.4 is 0 Å². The van der Waals surface area contributed by atoms with Crippen LogP contribution in [0.5, 0.6) is 0 Å². The number of carboxylic acid groups (broad SMARTS) is 1. The molecule has 4 aromatic rings. The number of hydrogen-bond acceptors (Lipinski definition) is 3. The first-order chi connectivity index (χ1) is 15.8. The second kappa shape index (κ2) is 8.25. The van der Waals surface area contributed by atoms with Gasteiger partial charge in [-0.3, -0.25) is 14.9 Å². The number of hydrogen-bond donors (Lipinski definition) is 2. The van der Waals surface area contributed by atoms with E-state index in [1.165, 1.54) is 17.7 Å². The van der Waals surface area contributed by atoms with Crippen molar-refractivity contribution in [1.82, 2.24) is 15.2 Å². The molecule has 0 spiro atoms. The predicted octanol–water partition coefficient (Wildman–Crippen LogP) is 6.71. The average Bonchev–Trinajstić information content (AvgIpc) is 3.28. The first-order valence-electron chi connectivity index (χ1n) is 11.6. The summed E-state index contributed by atoms with van der Waals surface area (Å²) in [5, 5.41) is 18.9. The van der Waals surface area contributed by atoms with Crippen LogP contribution in [-0.4, -0.2) is 26.3 Å². The number of aliphatic carboxylic acids is 1. The third-order valence-corrected chi connectivity index (χ3v) is 7.17. The molecule has 0 aliphatic heterocycles. The SMILES string of the molecule is Cc1c2nc(C3CCC(C(=O)O)CC3)c(C(C)C)c(-c3ccc(F)cc3)c2cc2cn[nH]c12. The first kappa shape index (κ1) is 21.6. The number of carboxylic acids is 1. The van der Waals surface area contributed by atoms with E-state index in [4.69, 9.17) is 4.98 Å². The molecule has 170 valence electrons. The fourth-order valence-corrected chi connectivity index (χ4v) is 5.48. The molecule has 1 aliphatic carbocycles. The third-order valence-electron chi connectivity index (χ3n) is 7.17. The number of halogens is 1. The van der Waals surface area contributed by atoms with Crippen LogP contribution in [0.15, 0.2) is 36.5 Å². The Morgan fingerprint density at radius 1 is 1.15 bits per heavy atom. The summed E-state index contributed by atoms with van der Waals surface area (Å²) in [5.41, 5.74) is 7.23. The van der Waals surface area contributed by atoms with E-state index in [1.807, 2.05) is 18.3 Å². The highest BCUT2D eigenvalue weighted by molar-refractivity contribution is 6.06. The lowest BCUT2D eigenvalue weighted by molar-refractivity contribution is -0.142. The predicted molar refractivity (Wildman–Crippen MR) is 128 cm³/mol. The maximum atomic E-state index is 13.8. The van der Waals surface area contributed by atoms with Crippen molar-refractivity contribution in [1.29, 1.82) is 0 Å². The van der Waals surface area contributed by atoms with Crippen LogP contribution in [0.25, 0.3) is 32.9 Å². The molecule has 0 unspecified atom stereocenters. The molecular formula is C27H28FN3O2. The summed E-state index contributed by atoms with van der Waals surface area (Å²) < 4.78 is 13.8. The summed E-state index contributed by atoms with van der Waals surface area (Å²) >= 11 is 0. The smallest absolute Gasteiger partial charge is 0.306 e. The zero-order valence-electron chi connectivity index (χ0n) is 19.2. The minimum atomic E-state index is -0.700. The lowest BCUT2D eigenvalue weighted by Gasteiger charge is -2.30. The molecular weight excluding hydrogens is 417 g/mol. The van der Waals surface area contributed by atoms with Crippen LogP contribution in [0.2, 0.25) is 0 Å². The van der Waals surface area contributed by atoms with Gasteiger partial charge in [-0.25, -0.2) is 4.39 Å². The number of aromatic amines is 1. The number of nitrogens with zero attached hydrogens (tertiary/aromatic N) is 2. The zero-order chi connectivity index (χ0) is 23.3. The molecule has 0 atom stereocenters. The van der Waals surface area contributed by atoms with Crippen LogP contribution in [-0.2, 0) is 4.79 Å². The van der Waals surface area contributed by atoms with Crippen molar-refractivity contribution in [3.05, 3.63) is 59.2 Å².